The number of anilines is 1. The Labute approximate surface area is 120 Å². The van der Waals surface area contributed by atoms with Crippen LogP contribution in [0.5, 0.6) is 0 Å². The molecule has 2 N–H and O–H groups in total. The molecule has 1 saturated heterocycles. The second kappa shape index (κ2) is 5.57. The first kappa shape index (κ1) is 15.6. The van der Waals surface area contributed by atoms with Gasteiger partial charge in [-0.3, -0.25) is 4.79 Å². The van der Waals surface area contributed by atoms with Crippen LogP contribution in [0.2, 0.25) is 0 Å². The van der Waals surface area contributed by atoms with Crippen LogP contribution < -0.4 is 5.73 Å². The number of halogens is 2. The van der Waals surface area contributed by atoms with Crippen molar-refractivity contribution in [3.05, 3.63) is 23.8 Å². The topological polar surface area (TPSA) is 89.7 Å². The third-order valence-electron chi connectivity index (χ3n) is 3.32. The maximum absolute atomic E-state index is 13.7. The fourth-order valence-electron chi connectivity index (χ4n) is 2.22. The summed E-state index contributed by atoms with van der Waals surface area (Å²) >= 11 is 0. The normalized spacial score (nSPS) is 19.7. The van der Waals surface area contributed by atoms with E-state index in [1.807, 2.05) is 0 Å². The van der Waals surface area contributed by atoms with Gasteiger partial charge in [-0.1, -0.05) is 0 Å². The van der Waals surface area contributed by atoms with E-state index in [1.165, 1.54) is 7.11 Å². The molecule has 6 nitrogen and oxygen atoms in total. The smallest absolute Gasteiger partial charge is 0.310 e. The quantitative estimate of drug-likeness (QED) is 0.655. The van der Waals surface area contributed by atoms with Crippen LogP contribution in [0, 0.1) is 17.6 Å². The average molecular weight is 320 g/mol. The van der Waals surface area contributed by atoms with E-state index in [4.69, 9.17) is 5.73 Å². The van der Waals surface area contributed by atoms with Gasteiger partial charge in [-0.05, 0) is 18.6 Å². The Balaban J connectivity index is 2.34. The summed E-state index contributed by atoms with van der Waals surface area (Å²) in [6.45, 7) is -0.108. The molecule has 0 radical (unpaired) electrons. The number of benzene rings is 1. The Morgan fingerprint density at radius 3 is 2.71 bits per heavy atom. The number of carbonyl (C=O) groups is 1. The van der Waals surface area contributed by atoms with Gasteiger partial charge >= 0.3 is 5.97 Å². The first-order chi connectivity index (χ1) is 9.77. The first-order valence-electron chi connectivity index (χ1n) is 6.10. The molecule has 0 aliphatic carbocycles. The molecule has 0 bridgehead atoms. The van der Waals surface area contributed by atoms with E-state index in [-0.39, 0.29) is 25.2 Å². The number of hydrogen-bond donors (Lipinski definition) is 1. The largest absolute Gasteiger partial charge is 0.469 e. The van der Waals surface area contributed by atoms with Crippen LogP contribution in [-0.2, 0) is 19.6 Å². The Bertz CT molecular complexity index is 678. The third-order valence-corrected chi connectivity index (χ3v) is 5.18. The molecule has 116 valence electrons. The second-order valence-corrected chi connectivity index (χ2v) is 6.59. The summed E-state index contributed by atoms with van der Waals surface area (Å²) in [4.78, 5) is 10.6. The monoisotopic (exact) mass is 320 g/mol. The van der Waals surface area contributed by atoms with Crippen molar-refractivity contribution < 1.29 is 26.7 Å². The van der Waals surface area contributed by atoms with Crippen molar-refractivity contribution in [3.63, 3.8) is 0 Å². The number of nitrogens with zero attached hydrogens (tertiary/aromatic N) is 1. The molecule has 1 aromatic carbocycles. The van der Waals surface area contributed by atoms with Gasteiger partial charge in [-0.2, -0.15) is 4.31 Å². The highest BCUT2D eigenvalue weighted by Crippen LogP contribution is 2.28. The van der Waals surface area contributed by atoms with Crippen molar-refractivity contribution in [1.82, 2.24) is 4.31 Å². The molecular weight excluding hydrogens is 306 g/mol. The number of carbonyl (C=O) groups excluding carboxylic acids is 1. The minimum Gasteiger partial charge on any atom is -0.469 e. The Kier molecular flexibility index (Phi) is 4.15. The summed E-state index contributed by atoms with van der Waals surface area (Å²) in [6, 6.07) is 1.56. The van der Waals surface area contributed by atoms with Gasteiger partial charge in [-0.15, -0.1) is 0 Å². The summed E-state index contributed by atoms with van der Waals surface area (Å²) < 4.78 is 57.2. The summed E-state index contributed by atoms with van der Waals surface area (Å²) in [5.74, 6) is -3.96. The molecule has 0 spiro atoms. The van der Waals surface area contributed by atoms with Crippen LogP contribution in [0.15, 0.2) is 17.0 Å². The highest BCUT2D eigenvalue weighted by atomic mass is 32.2. The fourth-order valence-corrected chi connectivity index (χ4v) is 3.83. The van der Waals surface area contributed by atoms with Gasteiger partial charge in [0.15, 0.2) is 11.6 Å². The van der Waals surface area contributed by atoms with Gasteiger partial charge < -0.3 is 10.5 Å². The highest BCUT2D eigenvalue weighted by molar-refractivity contribution is 7.89. The molecule has 1 atom stereocenters. The van der Waals surface area contributed by atoms with E-state index in [0.717, 1.165) is 10.4 Å². The van der Waals surface area contributed by atoms with E-state index in [1.54, 1.807) is 0 Å². The predicted octanol–water partition coefficient (Wildman–Crippen LogP) is 0.731. The van der Waals surface area contributed by atoms with Gasteiger partial charge in [0.05, 0.1) is 13.0 Å². The molecular formula is C12H14F2N2O4S. The van der Waals surface area contributed by atoms with Gasteiger partial charge in [0.25, 0.3) is 0 Å². The molecule has 1 unspecified atom stereocenters. The summed E-state index contributed by atoms with van der Waals surface area (Å²) in [5, 5.41) is 0. The molecule has 0 amide bonds. The third kappa shape index (κ3) is 2.84. The second-order valence-electron chi connectivity index (χ2n) is 4.69. The lowest BCUT2D eigenvalue weighted by Gasteiger charge is -2.17. The number of methoxy groups -OCH3 is 1. The number of hydrogen-bond acceptors (Lipinski definition) is 5. The Morgan fingerprint density at radius 2 is 2.10 bits per heavy atom. The van der Waals surface area contributed by atoms with E-state index in [2.05, 4.69) is 4.74 Å². The molecule has 9 heteroatoms. The molecule has 1 heterocycles. The standard InChI is InChI=1S/C12H14F2N2O4S/c1-20-12(17)7-2-3-16(6-7)21(18,19)10-5-8(15)4-9(13)11(10)14/h4-5,7H,2-3,6,15H2,1H3. The molecule has 0 aromatic heterocycles. The zero-order chi connectivity index (χ0) is 15.8. The molecule has 1 fully saturated rings. The zero-order valence-corrected chi connectivity index (χ0v) is 12.0. The number of nitrogen functional groups attached to an aromatic ring is 1. The minimum absolute atomic E-state index is 0.0258. The SMILES string of the molecule is COC(=O)C1CCN(S(=O)(=O)c2cc(N)cc(F)c2F)C1. The average Bonchev–Trinajstić information content (AvgIpc) is 2.92. The van der Waals surface area contributed by atoms with Crippen LogP contribution >= 0.6 is 0 Å². The van der Waals surface area contributed by atoms with Crippen LogP contribution in [0.4, 0.5) is 14.5 Å². The van der Waals surface area contributed by atoms with Crippen molar-refractivity contribution in [3.8, 4) is 0 Å². The van der Waals surface area contributed by atoms with Gasteiger partial charge in [-0.25, -0.2) is 17.2 Å². The number of rotatable bonds is 3. The van der Waals surface area contributed by atoms with Crippen molar-refractivity contribution >= 4 is 21.7 Å². The van der Waals surface area contributed by atoms with Crippen molar-refractivity contribution in [1.29, 1.82) is 0 Å². The fraction of sp³-hybridized carbons (Fsp3) is 0.417. The van der Waals surface area contributed by atoms with Crippen molar-refractivity contribution in [2.45, 2.75) is 11.3 Å². The van der Waals surface area contributed by atoms with Crippen molar-refractivity contribution in [2.24, 2.45) is 5.92 Å². The molecule has 1 aromatic rings. The predicted molar refractivity (Wildman–Crippen MR) is 69.7 cm³/mol. The summed E-state index contributed by atoms with van der Waals surface area (Å²) in [6.07, 6.45) is 0.262. The molecule has 1 aliphatic heterocycles. The number of esters is 1. The van der Waals surface area contributed by atoms with E-state index >= 15 is 0 Å². The summed E-state index contributed by atoms with van der Waals surface area (Å²) in [7, 11) is -3.06. The first-order valence-corrected chi connectivity index (χ1v) is 7.54. The van der Waals surface area contributed by atoms with Gasteiger partial charge in [0, 0.05) is 18.8 Å². The van der Waals surface area contributed by atoms with Crippen LogP contribution in [0.25, 0.3) is 0 Å². The van der Waals surface area contributed by atoms with Crippen LogP contribution in [-0.4, -0.2) is 38.9 Å². The zero-order valence-electron chi connectivity index (χ0n) is 11.2. The molecule has 21 heavy (non-hydrogen) atoms. The number of ether oxygens (including phenoxy) is 1. The summed E-state index contributed by atoms with van der Waals surface area (Å²) in [5.41, 5.74) is 5.16. The molecule has 1 aliphatic rings. The minimum atomic E-state index is -4.26. The van der Waals surface area contributed by atoms with Crippen molar-refractivity contribution in [2.75, 3.05) is 25.9 Å². The number of nitrogens with two attached hydrogens (primary N) is 1. The molecule has 0 saturated carbocycles. The van der Waals surface area contributed by atoms with Gasteiger partial charge in [0.1, 0.15) is 4.90 Å². The van der Waals surface area contributed by atoms with Gasteiger partial charge in [0.2, 0.25) is 10.0 Å². The van der Waals surface area contributed by atoms with Crippen LogP contribution in [0.3, 0.4) is 0 Å². The van der Waals surface area contributed by atoms with E-state index in [0.29, 0.717) is 6.07 Å². The number of sulfonamides is 1. The maximum Gasteiger partial charge on any atom is 0.310 e. The lowest BCUT2D eigenvalue weighted by atomic mass is 10.1. The Hall–Kier alpha value is -1.74. The molecule has 2 rings (SSSR count). The van der Waals surface area contributed by atoms with E-state index < -0.39 is 38.4 Å². The highest BCUT2D eigenvalue weighted by Gasteiger charge is 2.38. The Morgan fingerprint density at radius 1 is 1.43 bits per heavy atom. The maximum atomic E-state index is 13.7. The van der Waals surface area contributed by atoms with E-state index in [9.17, 15) is 22.0 Å². The lowest BCUT2D eigenvalue weighted by Crippen LogP contribution is -2.31. The lowest BCUT2D eigenvalue weighted by molar-refractivity contribution is -0.144. The van der Waals surface area contributed by atoms with Crippen LogP contribution in [0.1, 0.15) is 6.42 Å².